The maximum atomic E-state index is 11.7. The molecule has 0 aliphatic heterocycles. The highest BCUT2D eigenvalue weighted by atomic mass is 79.9. The van der Waals surface area contributed by atoms with Crippen LogP contribution < -0.4 is 10.2 Å². The molecule has 1 amide bonds. The van der Waals surface area contributed by atoms with Crippen molar-refractivity contribution in [2.75, 3.05) is 23.3 Å². The van der Waals surface area contributed by atoms with Gasteiger partial charge in [0.05, 0.1) is 32.0 Å². The minimum Gasteiger partial charge on any atom is -0.371 e. The summed E-state index contributed by atoms with van der Waals surface area (Å²) in [6.07, 6.45) is 0.382. The average Bonchev–Trinajstić information content (AvgIpc) is 2.68. The number of benzene rings is 2. The molecule has 1 N–H and O–H groups in total. The van der Waals surface area contributed by atoms with E-state index in [4.69, 9.17) is 5.26 Å². The number of non-ortho nitro benzene ring substituents is 1. The first-order chi connectivity index (χ1) is 14.3. The first-order valence-electron chi connectivity index (χ1n) is 8.85. The van der Waals surface area contributed by atoms with Crippen molar-refractivity contribution in [2.45, 2.75) is 20.3 Å². The summed E-state index contributed by atoms with van der Waals surface area (Å²) in [4.78, 5) is 24.1. The van der Waals surface area contributed by atoms with Gasteiger partial charge in [-0.1, -0.05) is 0 Å². The number of hydrogen-bond acceptors (Lipinski definition) is 7. The topological polar surface area (TPSA) is 124 Å². The molecule has 0 spiro atoms. The van der Waals surface area contributed by atoms with E-state index in [2.05, 4.69) is 53.5 Å². The number of nitro benzene ring substituents is 1. The fourth-order valence-corrected chi connectivity index (χ4v) is 3.93. The zero-order chi connectivity index (χ0) is 22.3. The van der Waals surface area contributed by atoms with Crippen LogP contribution in [0.25, 0.3) is 0 Å². The molecule has 2 rings (SSSR count). The molecule has 2 aromatic carbocycles. The molecular weight excluding hydrogens is 520 g/mol. The number of nitrogens with zero attached hydrogens (tertiary/aromatic N) is 5. The maximum absolute atomic E-state index is 11.7. The van der Waals surface area contributed by atoms with Crippen LogP contribution in [-0.2, 0) is 4.79 Å². The Balaban J connectivity index is 2.42. The van der Waals surface area contributed by atoms with Gasteiger partial charge in [-0.2, -0.15) is 5.26 Å². The second-order valence-corrected chi connectivity index (χ2v) is 7.79. The fourth-order valence-electron chi connectivity index (χ4n) is 2.61. The van der Waals surface area contributed by atoms with E-state index in [0.717, 1.165) is 5.69 Å². The number of halogens is 2. The van der Waals surface area contributed by atoms with Crippen LogP contribution in [0.5, 0.6) is 0 Å². The van der Waals surface area contributed by atoms with Gasteiger partial charge < -0.3 is 10.2 Å². The molecule has 156 valence electrons. The van der Waals surface area contributed by atoms with Crippen LogP contribution in [0.4, 0.5) is 28.4 Å². The number of nitrogens with one attached hydrogen (secondary N) is 1. The van der Waals surface area contributed by atoms with Crippen LogP contribution in [0.3, 0.4) is 0 Å². The Morgan fingerprint density at radius 1 is 1.27 bits per heavy atom. The summed E-state index contributed by atoms with van der Waals surface area (Å²) in [7, 11) is 0. The molecule has 0 radical (unpaired) electrons. The lowest BCUT2D eigenvalue weighted by atomic mass is 10.2. The lowest BCUT2D eigenvalue weighted by Gasteiger charge is -2.23. The number of azo groups is 1. The molecule has 11 heteroatoms. The summed E-state index contributed by atoms with van der Waals surface area (Å²) in [5.74, 6) is -0.263. The van der Waals surface area contributed by atoms with E-state index in [1.165, 1.54) is 19.1 Å². The van der Waals surface area contributed by atoms with Gasteiger partial charge in [0.15, 0.2) is 0 Å². The second-order valence-electron chi connectivity index (χ2n) is 6.09. The van der Waals surface area contributed by atoms with Crippen LogP contribution in [0.2, 0.25) is 0 Å². The first-order valence-corrected chi connectivity index (χ1v) is 10.4. The zero-order valence-corrected chi connectivity index (χ0v) is 19.4. The number of rotatable bonds is 8. The molecule has 0 saturated carbocycles. The number of amides is 1. The van der Waals surface area contributed by atoms with Crippen molar-refractivity contribution in [1.29, 1.82) is 5.26 Å². The lowest BCUT2D eigenvalue weighted by Crippen LogP contribution is -2.23. The molecule has 0 saturated heterocycles. The largest absolute Gasteiger partial charge is 0.371 e. The number of nitro groups is 1. The van der Waals surface area contributed by atoms with Crippen LogP contribution in [-0.4, -0.2) is 23.9 Å². The Morgan fingerprint density at radius 2 is 1.93 bits per heavy atom. The molecule has 0 unspecified atom stereocenters. The fraction of sp³-hybridized carbons (Fsp3) is 0.263. The van der Waals surface area contributed by atoms with Gasteiger partial charge in [-0.3, -0.25) is 14.9 Å². The Morgan fingerprint density at radius 3 is 2.47 bits per heavy atom. The van der Waals surface area contributed by atoms with Crippen molar-refractivity contribution < 1.29 is 9.72 Å². The highest BCUT2D eigenvalue weighted by Gasteiger charge is 2.15. The molecule has 2 aromatic rings. The summed E-state index contributed by atoms with van der Waals surface area (Å²) in [6, 6.07) is 10.1. The minimum absolute atomic E-state index is 0.0898. The van der Waals surface area contributed by atoms with E-state index in [9.17, 15) is 14.9 Å². The van der Waals surface area contributed by atoms with Crippen molar-refractivity contribution in [1.82, 2.24) is 0 Å². The molecule has 0 aliphatic carbocycles. The smallest absolute Gasteiger partial charge is 0.271 e. The van der Waals surface area contributed by atoms with Gasteiger partial charge in [-0.25, -0.2) is 0 Å². The number of carbonyl (C=O) groups is 1. The SMILES string of the molecule is CCN(CCC#N)c1ccc(N=Nc2c(Br)cc([N+](=O)[O-])cc2Br)c(NC(C)=O)c1. The van der Waals surface area contributed by atoms with Gasteiger partial charge in [-0.15, -0.1) is 10.2 Å². The van der Waals surface area contributed by atoms with Crippen molar-refractivity contribution in [3.63, 3.8) is 0 Å². The van der Waals surface area contributed by atoms with E-state index in [1.54, 1.807) is 12.1 Å². The second kappa shape index (κ2) is 10.8. The molecule has 0 bridgehead atoms. The monoisotopic (exact) mass is 536 g/mol. The van der Waals surface area contributed by atoms with Crippen molar-refractivity contribution in [3.8, 4) is 6.07 Å². The maximum Gasteiger partial charge on any atom is 0.271 e. The van der Waals surface area contributed by atoms with Gasteiger partial charge in [0.2, 0.25) is 5.91 Å². The number of hydrogen-bond donors (Lipinski definition) is 1. The van der Waals surface area contributed by atoms with Crippen molar-refractivity contribution in [2.24, 2.45) is 10.2 Å². The van der Waals surface area contributed by atoms with Crippen LogP contribution >= 0.6 is 31.9 Å². The number of anilines is 2. The van der Waals surface area contributed by atoms with Crippen molar-refractivity contribution in [3.05, 3.63) is 49.4 Å². The highest BCUT2D eigenvalue weighted by molar-refractivity contribution is 9.11. The van der Waals surface area contributed by atoms with Crippen molar-refractivity contribution >= 4 is 66.2 Å². The predicted octanol–water partition coefficient (Wildman–Crippen LogP) is 6.23. The minimum atomic E-state index is -0.504. The molecule has 0 aliphatic rings. The zero-order valence-electron chi connectivity index (χ0n) is 16.2. The van der Waals surface area contributed by atoms with Gasteiger partial charge in [0, 0.05) is 37.8 Å². The predicted molar refractivity (Wildman–Crippen MR) is 122 cm³/mol. The van der Waals surface area contributed by atoms with Crippen LogP contribution in [0, 0.1) is 21.4 Å². The molecule has 0 heterocycles. The number of carbonyl (C=O) groups excluding carboxylic acids is 1. The van der Waals surface area contributed by atoms with Gasteiger partial charge in [0.25, 0.3) is 5.69 Å². The molecular formula is C19H18Br2N6O3. The molecule has 0 fully saturated rings. The average molecular weight is 538 g/mol. The highest BCUT2D eigenvalue weighted by Crippen LogP contribution is 2.39. The molecule has 0 aromatic heterocycles. The first kappa shape index (κ1) is 23.4. The van der Waals surface area contributed by atoms with Crippen LogP contribution in [0.15, 0.2) is 49.5 Å². The number of nitriles is 1. The third-order valence-corrected chi connectivity index (χ3v) is 5.21. The summed E-state index contributed by atoms with van der Waals surface area (Å²) < 4.78 is 0.803. The normalized spacial score (nSPS) is 10.6. The Hall–Kier alpha value is -2.84. The van der Waals surface area contributed by atoms with E-state index in [-0.39, 0.29) is 11.6 Å². The third kappa shape index (κ3) is 6.08. The standard InChI is InChI=1S/C19H18Br2N6O3/c1-3-26(8-4-7-22)13-5-6-17(18(11-13)23-12(2)28)24-25-19-15(20)9-14(27(29)30)10-16(19)21/h5-6,9-11H,3-4,8H2,1-2H3,(H,23,28). The van der Waals surface area contributed by atoms with E-state index in [0.29, 0.717) is 45.5 Å². The van der Waals surface area contributed by atoms with E-state index < -0.39 is 4.92 Å². The summed E-state index contributed by atoms with van der Waals surface area (Å²) in [5, 5.41) is 31.0. The summed E-state index contributed by atoms with van der Waals surface area (Å²) in [6.45, 7) is 4.64. The van der Waals surface area contributed by atoms with Gasteiger partial charge in [0.1, 0.15) is 11.4 Å². The molecule has 0 atom stereocenters. The quantitative estimate of drug-likeness (QED) is 0.242. The summed E-state index contributed by atoms with van der Waals surface area (Å²) in [5.41, 5.74) is 2.01. The lowest BCUT2D eigenvalue weighted by molar-refractivity contribution is -0.385. The Kier molecular flexibility index (Phi) is 8.44. The van der Waals surface area contributed by atoms with E-state index in [1.807, 2.05) is 17.9 Å². The Labute approximate surface area is 190 Å². The van der Waals surface area contributed by atoms with E-state index >= 15 is 0 Å². The van der Waals surface area contributed by atoms with Crippen LogP contribution in [0.1, 0.15) is 20.3 Å². The van der Waals surface area contributed by atoms with Gasteiger partial charge >= 0.3 is 0 Å². The van der Waals surface area contributed by atoms with Gasteiger partial charge in [-0.05, 0) is 57.0 Å². The third-order valence-electron chi connectivity index (χ3n) is 4.00. The molecule has 30 heavy (non-hydrogen) atoms. The molecule has 9 nitrogen and oxygen atoms in total. The summed E-state index contributed by atoms with van der Waals surface area (Å²) >= 11 is 6.54. The Bertz CT molecular complexity index is 1010.